The molecule has 5 heteroatoms. The number of hydrogen-bond donors (Lipinski definition) is 1. The fraction of sp³-hybridized carbons (Fsp3) is 0.333. The first-order chi connectivity index (χ1) is 9.76. The average Bonchev–Trinajstić information content (AvgIpc) is 3.01. The predicted molar refractivity (Wildman–Crippen MR) is 79.9 cm³/mol. The Balaban J connectivity index is 1.99. The molecule has 0 radical (unpaired) electrons. The standard InChI is InChI=1S/C15H18N4O/c1-20-12-6-4-5-11(9-12)13-10-14(16)18-15(17-13)19-7-2-3-8-19/h4-6,9-10H,2-3,7-8H2,1H3,(H2,16,17,18). The fourth-order valence-corrected chi connectivity index (χ4v) is 2.44. The minimum absolute atomic E-state index is 0.500. The van der Waals surface area contributed by atoms with E-state index in [0.717, 1.165) is 36.0 Å². The van der Waals surface area contributed by atoms with Crippen molar-refractivity contribution in [3.05, 3.63) is 30.3 Å². The highest BCUT2D eigenvalue weighted by Crippen LogP contribution is 2.26. The van der Waals surface area contributed by atoms with E-state index in [9.17, 15) is 0 Å². The first kappa shape index (κ1) is 12.7. The molecule has 20 heavy (non-hydrogen) atoms. The van der Waals surface area contributed by atoms with Gasteiger partial charge in [-0.2, -0.15) is 4.98 Å². The molecule has 1 aliphatic rings. The Kier molecular flexibility index (Phi) is 3.41. The number of nitrogens with two attached hydrogens (primary N) is 1. The lowest BCUT2D eigenvalue weighted by Crippen LogP contribution is -2.21. The first-order valence-electron chi connectivity index (χ1n) is 6.80. The monoisotopic (exact) mass is 270 g/mol. The largest absolute Gasteiger partial charge is 0.497 e. The first-order valence-corrected chi connectivity index (χ1v) is 6.80. The van der Waals surface area contributed by atoms with Gasteiger partial charge >= 0.3 is 0 Å². The van der Waals surface area contributed by atoms with Gasteiger partial charge in [-0.25, -0.2) is 4.98 Å². The van der Waals surface area contributed by atoms with Crippen LogP contribution >= 0.6 is 0 Å². The summed E-state index contributed by atoms with van der Waals surface area (Å²) in [7, 11) is 1.66. The van der Waals surface area contributed by atoms with E-state index in [0.29, 0.717) is 5.82 Å². The summed E-state index contributed by atoms with van der Waals surface area (Å²) >= 11 is 0. The van der Waals surface area contributed by atoms with Crippen LogP contribution in [0.25, 0.3) is 11.3 Å². The van der Waals surface area contributed by atoms with Crippen LogP contribution in [0.3, 0.4) is 0 Å². The van der Waals surface area contributed by atoms with Gasteiger partial charge in [0.2, 0.25) is 5.95 Å². The van der Waals surface area contributed by atoms with Crippen LogP contribution in [0.4, 0.5) is 11.8 Å². The molecule has 1 aromatic carbocycles. The molecular weight excluding hydrogens is 252 g/mol. The molecule has 0 amide bonds. The molecule has 1 saturated heterocycles. The molecule has 5 nitrogen and oxygen atoms in total. The van der Waals surface area contributed by atoms with E-state index in [2.05, 4.69) is 14.9 Å². The Morgan fingerprint density at radius 2 is 1.95 bits per heavy atom. The molecule has 2 N–H and O–H groups in total. The summed E-state index contributed by atoms with van der Waals surface area (Å²) in [6.45, 7) is 2.00. The number of nitrogens with zero attached hydrogens (tertiary/aromatic N) is 3. The summed E-state index contributed by atoms with van der Waals surface area (Å²) in [5.41, 5.74) is 7.74. The Bertz CT molecular complexity index is 609. The lowest BCUT2D eigenvalue weighted by molar-refractivity contribution is 0.415. The zero-order chi connectivity index (χ0) is 13.9. The fourth-order valence-electron chi connectivity index (χ4n) is 2.44. The Morgan fingerprint density at radius 1 is 1.15 bits per heavy atom. The van der Waals surface area contributed by atoms with Gasteiger partial charge in [-0.05, 0) is 25.0 Å². The van der Waals surface area contributed by atoms with E-state index < -0.39 is 0 Å². The van der Waals surface area contributed by atoms with Crippen LogP contribution in [-0.4, -0.2) is 30.2 Å². The lowest BCUT2D eigenvalue weighted by Gasteiger charge is -2.16. The van der Waals surface area contributed by atoms with E-state index in [1.807, 2.05) is 24.3 Å². The Hall–Kier alpha value is -2.30. The molecular formula is C15H18N4O. The van der Waals surface area contributed by atoms with E-state index in [1.165, 1.54) is 12.8 Å². The molecule has 0 spiro atoms. The number of methoxy groups -OCH3 is 1. The lowest BCUT2D eigenvalue weighted by atomic mass is 10.1. The number of rotatable bonds is 3. The number of ether oxygens (including phenoxy) is 1. The molecule has 0 unspecified atom stereocenters. The zero-order valence-electron chi connectivity index (χ0n) is 11.5. The minimum atomic E-state index is 0.500. The molecule has 104 valence electrons. The number of hydrogen-bond acceptors (Lipinski definition) is 5. The quantitative estimate of drug-likeness (QED) is 0.927. The molecule has 0 atom stereocenters. The minimum Gasteiger partial charge on any atom is -0.497 e. The predicted octanol–water partition coefficient (Wildman–Crippen LogP) is 2.33. The topological polar surface area (TPSA) is 64.3 Å². The normalized spacial score (nSPS) is 14.6. The van der Waals surface area contributed by atoms with E-state index in [4.69, 9.17) is 10.5 Å². The molecule has 0 aliphatic carbocycles. The third-order valence-electron chi connectivity index (χ3n) is 3.49. The Labute approximate surface area is 118 Å². The summed E-state index contributed by atoms with van der Waals surface area (Å²) in [5.74, 6) is 2.03. The number of aromatic nitrogens is 2. The summed E-state index contributed by atoms with van der Waals surface area (Å²) < 4.78 is 5.25. The van der Waals surface area contributed by atoms with Gasteiger partial charge in [-0.3, -0.25) is 0 Å². The highest BCUT2D eigenvalue weighted by atomic mass is 16.5. The van der Waals surface area contributed by atoms with Crippen molar-refractivity contribution in [2.24, 2.45) is 0 Å². The molecule has 3 rings (SSSR count). The molecule has 1 fully saturated rings. The van der Waals surface area contributed by atoms with Gasteiger partial charge < -0.3 is 15.4 Å². The number of benzene rings is 1. The van der Waals surface area contributed by atoms with Crippen molar-refractivity contribution in [1.82, 2.24) is 9.97 Å². The third kappa shape index (κ3) is 2.52. The summed E-state index contributed by atoms with van der Waals surface area (Å²) in [6.07, 6.45) is 2.37. The van der Waals surface area contributed by atoms with Gasteiger partial charge in [-0.1, -0.05) is 12.1 Å². The van der Waals surface area contributed by atoms with E-state index >= 15 is 0 Å². The van der Waals surface area contributed by atoms with Crippen LogP contribution < -0.4 is 15.4 Å². The second kappa shape index (κ2) is 5.36. The maximum absolute atomic E-state index is 5.93. The smallest absolute Gasteiger partial charge is 0.227 e. The highest BCUT2D eigenvalue weighted by molar-refractivity contribution is 5.65. The summed E-state index contributed by atoms with van der Waals surface area (Å²) in [6, 6.07) is 9.61. The van der Waals surface area contributed by atoms with Crippen molar-refractivity contribution in [1.29, 1.82) is 0 Å². The Morgan fingerprint density at radius 3 is 2.70 bits per heavy atom. The third-order valence-corrected chi connectivity index (χ3v) is 3.49. The molecule has 1 aromatic heterocycles. The van der Waals surface area contributed by atoms with Crippen LogP contribution in [0.5, 0.6) is 5.75 Å². The zero-order valence-corrected chi connectivity index (χ0v) is 11.5. The van der Waals surface area contributed by atoms with Crippen LogP contribution in [0, 0.1) is 0 Å². The molecule has 0 saturated carbocycles. The SMILES string of the molecule is COc1cccc(-c2cc(N)nc(N3CCCC3)n2)c1. The molecule has 2 aromatic rings. The van der Waals surface area contributed by atoms with E-state index in [1.54, 1.807) is 13.2 Å². The highest BCUT2D eigenvalue weighted by Gasteiger charge is 2.16. The van der Waals surface area contributed by atoms with Gasteiger partial charge in [0.25, 0.3) is 0 Å². The van der Waals surface area contributed by atoms with Gasteiger partial charge in [0.1, 0.15) is 11.6 Å². The summed E-state index contributed by atoms with van der Waals surface area (Å²) in [4.78, 5) is 11.2. The average molecular weight is 270 g/mol. The second-order valence-corrected chi connectivity index (χ2v) is 4.90. The molecule has 1 aliphatic heterocycles. The van der Waals surface area contributed by atoms with Crippen LogP contribution in [0.1, 0.15) is 12.8 Å². The van der Waals surface area contributed by atoms with Gasteiger partial charge in [-0.15, -0.1) is 0 Å². The number of nitrogen functional groups attached to an aromatic ring is 1. The summed E-state index contributed by atoms with van der Waals surface area (Å²) in [5, 5.41) is 0. The van der Waals surface area contributed by atoms with Crippen LogP contribution in [-0.2, 0) is 0 Å². The molecule has 2 heterocycles. The van der Waals surface area contributed by atoms with Gasteiger partial charge in [0.15, 0.2) is 0 Å². The second-order valence-electron chi connectivity index (χ2n) is 4.90. The maximum Gasteiger partial charge on any atom is 0.227 e. The van der Waals surface area contributed by atoms with E-state index in [-0.39, 0.29) is 0 Å². The van der Waals surface area contributed by atoms with Crippen molar-refractivity contribution in [3.63, 3.8) is 0 Å². The van der Waals surface area contributed by atoms with Crippen LogP contribution in [0.2, 0.25) is 0 Å². The van der Waals surface area contributed by atoms with Crippen LogP contribution in [0.15, 0.2) is 30.3 Å². The van der Waals surface area contributed by atoms with Gasteiger partial charge in [0.05, 0.1) is 12.8 Å². The molecule has 0 bridgehead atoms. The van der Waals surface area contributed by atoms with Crippen molar-refractivity contribution in [2.45, 2.75) is 12.8 Å². The van der Waals surface area contributed by atoms with Crippen molar-refractivity contribution in [2.75, 3.05) is 30.8 Å². The van der Waals surface area contributed by atoms with Crippen molar-refractivity contribution < 1.29 is 4.74 Å². The number of anilines is 2. The van der Waals surface area contributed by atoms with Gasteiger partial charge in [0, 0.05) is 24.7 Å². The maximum atomic E-state index is 5.93. The van der Waals surface area contributed by atoms with Crippen molar-refractivity contribution in [3.8, 4) is 17.0 Å². The van der Waals surface area contributed by atoms with Crippen molar-refractivity contribution >= 4 is 11.8 Å².